The first-order chi connectivity index (χ1) is 18.7. The fourth-order valence-electron chi connectivity index (χ4n) is 4.26. The van der Waals surface area contributed by atoms with Crippen molar-refractivity contribution in [2.45, 2.75) is 11.7 Å². The normalized spacial score (nSPS) is 11.3. The summed E-state index contributed by atoms with van der Waals surface area (Å²) in [6.07, 6.45) is 0. The summed E-state index contributed by atoms with van der Waals surface area (Å²) < 4.78 is 16.3. The van der Waals surface area contributed by atoms with Crippen LogP contribution in [-0.4, -0.2) is 54.2 Å². The van der Waals surface area contributed by atoms with Crippen LogP contribution in [0.1, 0.15) is 5.56 Å². The van der Waals surface area contributed by atoms with Gasteiger partial charge >= 0.3 is 5.69 Å². The molecular formula is C25H24ClN7O5S. The number of aromatic nitrogens is 6. The molecule has 14 heteroatoms. The Bertz CT molecular complexity index is 1840. The molecule has 12 nitrogen and oxygen atoms in total. The number of carbonyl (C=O) groups excluding carboxylic acids is 1. The topological polar surface area (TPSA) is 127 Å². The second kappa shape index (κ2) is 10.5. The van der Waals surface area contributed by atoms with Crippen molar-refractivity contribution >= 4 is 51.9 Å². The maximum absolute atomic E-state index is 13.3. The summed E-state index contributed by atoms with van der Waals surface area (Å²) in [6, 6.07) is 12.3. The first-order valence-electron chi connectivity index (χ1n) is 11.7. The smallest absolute Gasteiger partial charge is 0.332 e. The van der Waals surface area contributed by atoms with Crippen molar-refractivity contribution < 1.29 is 14.3 Å². The van der Waals surface area contributed by atoms with E-state index in [-0.39, 0.29) is 23.7 Å². The molecule has 1 N–H and O–H groups in total. The van der Waals surface area contributed by atoms with Crippen LogP contribution in [0.2, 0.25) is 5.02 Å². The molecule has 1 amide bonds. The number of carbonyl (C=O) groups is 1. The van der Waals surface area contributed by atoms with Gasteiger partial charge in [0.25, 0.3) is 5.56 Å². The van der Waals surface area contributed by atoms with Crippen LogP contribution in [0.5, 0.6) is 11.5 Å². The average molecular weight is 570 g/mol. The monoisotopic (exact) mass is 569 g/mol. The van der Waals surface area contributed by atoms with E-state index in [1.807, 2.05) is 12.1 Å². The van der Waals surface area contributed by atoms with Crippen molar-refractivity contribution in [2.75, 3.05) is 25.3 Å². The number of halogens is 1. The van der Waals surface area contributed by atoms with Crippen molar-refractivity contribution in [2.24, 2.45) is 14.1 Å². The Kier molecular flexibility index (Phi) is 7.10. The molecule has 202 valence electrons. The molecule has 0 radical (unpaired) electrons. The molecular weight excluding hydrogens is 546 g/mol. The molecule has 3 heterocycles. The van der Waals surface area contributed by atoms with Gasteiger partial charge in [-0.1, -0.05) is 35.5 Å². The first-order valence-corrected chi connectivity index (χ1v) is 13.0. The number of hydrogen-bond donors (Lipinski definition) is 1. The minimum Gasteiger partial charge on any atom is -0.497 e. The van der Waals surface area contributed by atoms with Crippen molar-refractivity contribution in [1.29, 1.82) is 0 Å². The summed E-state index contributed by atoms with van der Waals surface area (Å²) in [6.45, 7) is 0.290. The fourth-order valence-corrected chi connectivity index (χ4v) is 5.12. The van der Waals surface area contributed by atoms with Gasteiger partial charge in [-0.2, -0.15) is 0 Å². The lowest BCUT2D eigenvalue weighted by Crippen LogP contribution is -2.37. The van der Waals surface area contributed by atoms with E-state index in [2.05, 4.69) is 15.5 Å². The second-order valence-electron chi connectivity index (χ2n) is 8.61. The molecule has 0 fully saturated rings. The van der Waals surface area contributed by atoms with Crippen LogP contribution in [0.25, 0.3) is 16.9 Å². The van der Waals surface area contributed by atoms with Crippen molar-refractivity contribution in [3.63, 3.8) is 0 Å². The highest BCUT2D eigenvalue weighted by Gasteiger charge is 2.24. The van der Waals surface area contributed by atoms with Crippen molar-refractivity contribution in [1.82, 2.24) is 28.3 Å². The zero-order chi connectivity index (χ0) is 27.8. The molecule has 0 spiro atoms. The summed E-state index contributed by atoms with van der Waals surface area (Å²) in [5.41, 5.74) is 1.02. The van der Waals surface area contributed by atoms with Gasteiger partial charge < -0.3 is 14.8 Å². The SMILES string of the molecule is COc1ccc(NC(=O)CSc2nnc3n(Cc4ccc(Cl)cc4)c4c(=O)n(C)c(=O)n(C)c4n23)c(OC)c1. The van der Waals surface area contributed by atoms with Crippen LogP contribution >= 0.6 is 23.4 Å². The van der Waals surface area contributed by atoms with Gasteiger partial charge in [0, 0.05) is 25.2 Å². The van der Waals surface area contributed by atoms with Gasteiger partial charge in [-0.15, -0.1) is 10.2 Å². The van der Waals surface area contributed by atoms with Gasteiger partial charge in [0.05, 0.1) is 32.2 Å². The zero-order valence-electron chi connectivity index (χ0n) is 21.5. The summed E-state index contributed by atoms with van der Waals surface area (Å²) >= 11 is 7.16. The number of methoxy groups -OCH3 is 2. The maximum Gasteiger partial charge on any atom is 0.332 e. The van der Waals surface area contributed by atoms with Gasteiger partial charge in [0.1, 0.15) is 11.5 Å². The molecule has 0 saturated heterocycles. The van der Waals surface area contributed by atoms with Crippen LogP contribution in [0.15, 0.2) is 57.2 Å². The molecule has 0 unspecified atom stereocenters. The third-order valence-electron chi connectivity index (χ3n) is 6.22. The lowest BCUT2D eigenvalue weighted by molar-refractivity contribution is -0.113. The van der Waals surface area contributed by atoms with Crippen LogP contribution in [0, 0.1) is 0 Å². The molecule has 0 bridgehead atoms. The van der Waals surface area contributed by atoms with E-state index in [0.717, 1.165) is 21.9 Å². The zero-order valence-corrected chi connectivity index (χ0v) is 23.0. The van der Waals surface area contributed by atoms with Crippen molar-refractivity contribution in [3.05, 3.63) is 73.9 Å². The second-order valence-corrected chi connectivity index (χ2v) is 9.99. The van der Waals surface area contributed by atoms with E-state index in [0.29, 0.717) is 38.8 Å². The number of fused-ring (bicyclic) bond motifs is 3. The molecule has 0 aliphatic carbocycles. The lowest BCUT2D eigenvalue weighted by Gasteiger charge is -2.11. The standard InChI is InChI=1S/C25H24ClN7O5S/c1-30-21-20(22(35)31(2)25(30)36)32(12-14-5-7-15(26)8-6-14)23-28-29-24(33(21)23)39-13-19(34)27-17-10-9-16(37-3)11-18(17)38-4/h5-11H,12-13H2,1-4H3,(H,27,34). The Labute approximate surface area is 230 Å². The lowest BCUT2D eigenvalue weighted by atomic mass is 10.2. The number of aryl methyl sites for hydroxylation is 1. The molecule has 0 saturated carbocycles. The highest BCUT2D eigenvalue weighted by molar-refractivity contribution is 7.99. The molecule has 0 atom stereocenters. The van der Waals surface area contributed by atoms with E-state index in [1.54, 1.807) is 53.5 Å². The summed E-state index contributed by atoms with van der Waals surface area (Å²) in [5, 5.41) is 12.3. The molecule has 5 rings (SSSR count). The van der Waals surface area contributed by atoms with Crippen LogP contribution in [-0.2, 0) is 25.4 Å². The number of imidazole rings is 1. The number of benzene rings is 2. The number of hydrogen-bond acceptors (Lipinski definition) is 8. The molecule has 0 aliphatic rings. The maximum atomic E-state index is 13.3. The number of rotatable bonds is 8. The van der Waals surface area contributed by atoms with E-state index in [9.17, 15) is 14.4 Å². The largest absolute Gasteiger partial charge is 0.497 e. The third kappa shape index (κ3) is 4.74. The van der Waals surface area contributed by atoms with Crippen LogP contribution in [0.3, 0.4) is 0 Å². The first kappa shape index (κ1) is 26.4. The van der Waals surface area contributed by atoms with Gasteiger partial charge in [0.15, 0.2) is 16.3 Å². The van der Waals surface area contributed by atoms with Gasteiger partial charge in [-0.3, -0.25) is 23.3 Å². The highest BCUT2D eigenvalue weighted by Crippen LogP contribution is 2.30. The van der Waals surface area contributed by atoms with Crippen molar-refractivity contribution in [3.8, 4) is 11.5 Å². The Balaban J connectivity index is 1.52. The number of anilines is 1. The number of thioether (sulfide) groups is 1. The van der Waals surface area contributed by atoms with Crippen LogP contribution in [0.4, 0.5) is 5.69 Å². The number of amides is 1. The summed E-state index contributed by atoms with van der Waals surface area (Å²) in [4.78, 5) is 38.9. The van der Waals surface area contributed by atoms with E-state index >= 15 is 0 Å². The van der Waals surface area contributed by atoms with E-state index < -0.39 is 11.2 Å². The third-order valence-corrected chi connectivity index (χ3v) is 7.40. The van der Waals surface area contributed by atoms with Gasteiger partial charge in [-0.25, -0.2) is 9.20 Å². The Morgan fingerprint density at radius 2 is 1.77 bits per heavy atom. The predicted octanol–water partition coefficient (Wildman–Crippen LogP) is 2.53. The summed E-state index contributed by atoms with van der Waals surface area (Å²) in [5.74, 6) is 1.08. The van der Waals surface area contributed by atoms with E-state index in [4.69, 9.17) is 21.1 Å². The number of nitrogens with zero attached hydrogens (tertiary/aromatic N) is 6. The molecule has 0 aliphatic heterocycles. The van der Waals surface area contributed by atoms with E-state index in [1.165, 1.54) is 18.7 Å². The number of nitrogens with one attached hydrogen (secondary N) is 1. The Morgan fingerprint density at radius 1 is 1.03 bits per heavy atom. The number of ether oxygens (including phenoxy) is 2. The Hall–Kier alpha value is -4.23. The quantitative estimate of drug-likeness (QED) is 0.283. The van der Waals surface area contributed by atoms with Gasteiger partial charge in [-0.05, 0) is 29.8 Å². The van der Waals surface area contributed by atoms with Crippen LogP contribution < -0.4 is 26.0 Å². The summed E-state index contributed by atoms with van der Waals surface area (Å²) in [7, 11) is 6.05. The minimum atomic E-state index is -0.493. The highest BCUT2D eigenvalue weighted by atomic mass is 35.5. The minimum absolute atomic E-state index is 0.0153. The molecule has 5 aromatic rings. The molecule has 3 aromatic heterocycles. The van der Waals surface area contributed by atoms with Gasteiger partial charge in [0.2, 0.25) is 11.7 Å². The molecule has 39 heavy (non-hydrogen) atoms. The Morgan fingerprint density at radius 3 is 2.46 bits per heavy atom. The molecule has 2 aromatic carbocycles. The predicted molar refractivity (Wildman–Crippen MR) is 148 cm³/mol. The average Bonchev–Trinajstić information content (AvgIpc) is 3.49. The fraction of sp³-hybridized carbons (Fsp3) is 0.240.